The van der Waals surface area contributed by atoms with Gasteiger partial charge in [-0.1, -0.05) is 166 Å². The van der Waals surface area contributed by atoms with E-state index in [1.807, 2.05) is 0 Å². The third-order valence-electron chi connectivity index (χ3n) is 8.85. The van der Waals surface area contributed by atoms with Crippen molar-refractivity contribution in [1.82, 2.24) is 0 Å². The van der Waals surface area contributed by atoms with Gasteiger partial charge in [-0.25, -0.2) is 0 Å². The molecule has 0 N–H and O–H groups in total. The Kier molecular flexibility index (Phi) is 39.5. The molecule has 0 aromatic carbocycles. The summed E-state index contributed by atoms with van der Waals surface area (Å²) in [5, 5.41) is 0. The smallest absolute Gasteiger partial charge is 0.306 e. The van der Waals surface area contributed by atoms with Gasteiger partial charge < -0.3 is 14.2 Å². The zero-order valence-corrected chi connectivity index (χ0v) is 33.2. The van der Waals surface area contributed by atoms with Gasteiger partial charge in [0.25, 0.3) is 0 Å². The van der Waals surface area contributed by atoms with Crippen LogP contribution in [0.15, 0.2) is 48.6 Å². The third-order valence-corrected chi connectivity index (χ3v) is 8.85. The highest BCUT2D eigenvalue weighted by atomic mass is 16.6. The number of carbonyl (C=O) groups is 2. The molecule has 5 heteroatoms. The van der Waals surface area contributed by atoms with E-state index >= 15 is 0 Å². The summed E-state index contributed by atoms with van der Waals surface area (Å²) in [6.45, 7) is 7.63. The maximum absolute atomic E-state index is 12.6. The molecule has 0 bridgehead atoms. The topological polar surface area (TPSA) is 61.8 Å². The number of rotatable bonds is 38. The molecule has 0 fully saturated rings. The van der Waals surface area contributed by atoms with Crippen molar-refractivity contribution in [3.05, 3.63) is 48.6 Å². The van der Waals surface area contributed by atoms with Crippen molar-refractivity contribution in [3.8, 4) is 0 Å². The van der Waals surface area contributed by atoms with Gasteiger partial charge in [0.15, 0.2) is 6.10 Å². The van der Waals surface area contributed by atoms with E-state index in [1.54, 1.807) is 0 Å². The molecule has 0 saturated heterocycles. The van der Waals surface area contributed by atoms with E-state index in [0.717, 1.165) is 83.5 Å². The summed E-state index contributed by atoms with van der Waals surface area (Å²) in [7, 11) is 0. The van der Waals surface area contributed by atoms with Crippen molar-refractivity contribution < 1.29 is 23.8 Å². The molecular weight excluding hydrogens is 620 g/mol. The SMILES string of the molecule is CC/C=C\C/C=C\C/C=C\CCCCCC(=O)OCC(COCCCCCCCCCCCC)OC(=O)CCCCCCC/C=C\CCCC. The second kappa shape index (κ2) is 41.3. The van der Waals surface area contributed by atoms with Crippen molar-refractivity contribution in [2.24, 2.45) is 0 Å². The number of esters is 2. The van der Waals surface area contributed by atoms with E-state index in [-0.39, 0.29) is 25.2 Å². The second-order valence-corrected chi connectivity index (χ2v) is 13.9. The molecule has 50 heavy (non-hydrogen) atoms. The van der Waals surface area contributed by atoms with Crippen LogP contribution in [-0.2, 0) is 23.8 Å². The van der Waals surface area contributed by atoms with Crippen LogP contribution in [0.3, 0.4) is 0 Å². The van der Waals surface area contributed by atoms with Gasteiger partial charge >= 0.3 is 11.9 Å². The molecule has 1 atom stereocenters. The molecule has 0 aliphatic rings. The van der Waals surface area contributed by atoms with Gasteiger partial charge in [0.05, 0.1) is 6.61 Å². The molecule has 0 spiro atoms. The lowest BCUT2D eigenvalue weighted by atomic mass is 10.1. The first-order valence-corrected chi connectivity index (χ1v) is 21.2. The zero-order valence-electron chi connectivity index (χ0n) is 33.2. The predicted octanol–water partition coefficient (Wildman–Crippen LogP) is 13.7. The summed E-state index contributed by atoms with van der Waals surface area (Å²) in [6.07, 6.45) is 48.2. The first-order valence-electron chi connectivity index (χ1n) is 21.2. The number of ether oxygens (including phenoxy) is 3. The molecule has 0 saturated carbocycles. The first-order chi connectivity index (χ1) is 24.6. The van der Waals surface area contributed by atoms with Gasteiger partial charge in [-0.3, -0.25) is 9.59 Å². The molecule has 0 radical (unpaired) electrons. The highest BCUT2D eigenvalue weighted by Gasteiger charge is 2.17. The van der Waals surface area contributed by atoms with Crippen LogP contribution in [0.2, 0.25) is 0 Å². The molecule has 1 unspecified atom stereocenters. The third kappa shape index (κ3) is 38.7. The molecule has 0 rings (SSSR count). The van der Waals surface area contributed by atoms with E-state index in [9.17, 15) is 9.59 Å². The first kappa shape index (κ1) is 47.9. The van der Waals surface area contributed by atoms with Crippen LogP contribution in [0, 0.1) is 0 Å². The molecule has 0 aliphatic heterocycles. The Balaban J connectivity index is 4.30. The van der Waals surface area contributed by atoms with Crippen LogP contribution in [0.5, 0.6) is 0 Å². The van der Waals surface area contributed by atoms with Crippen molar-refractivity contribution in [1.29, 1.82) is 0 Å². The van der Waals surface area contributed by atoms with Crippen molar-refractivity contribution in [2.75, 3.05) is 19.8 Å². The molecule has 290 valence electrons. The Bertz CT molecular complexity index is 842. The highest BCUT2D eigenvalue weighted by molar-refractivity contribution is 5.70. The van der Waals surface area contributed by atoms with Gasteiger partial charge in [-0.15, -0.1) is 0 Å². The summed E-state index contributed by atoms with van der Waals surface area (Å²) in [4.78, 5) is 25.1. The monoisotopic (exact) mass is 701 g/mol. The van der Waals surface area contributed by atoms with Crippen LogP contribution in [0.1, 0.15) is 201 Å². The van der Waals surface area contributed by atoms with Gasteiger partial charge in [0.2, 0.25) is 0 Å². The molecule has 5 nitrogen and oxygen atoms in total. The van der Waals surface area contributed by atoms with E-state index in [2.05, 4.69) is 69.4 Å². The van der Waals surface area contributed by atoms with E-state index in [1.165, 1.54) is 83.5 Å². The Morgan fingerprint density at radius 2 is 0.920 bits per heavy atom. The van der Waals surface area contributed by atoms with Crippen LogP contribution in [0.4, 0.5) is 0 Å². The molecule has 0 aromatic heterocycles. The van der Waals surface area contributed by atoms with Crippen molar-refractivity contribution in [3.63, 3.8) is 0 Å². The Labute approximate surface area is 310 Å². The summed E-state index contributed by atoms with van der Waals surface area (Å²) in [5.41, 5.74) is 0. The summed E-state index contributed by atoms with van der Waals surface area (Å²) in [6, 6.07) is 0. The maximum Gasteiger partial charge on any atom is 0.306 e. The molecule has 0 aliphatic carbocycles. The minimum absolute atomic E-state index is 0.0683. The molecule has 0 heterocycles. The minimum atomic E-state index is -0.545. The van der Waals surface area contributed by atoms with Gasteiger partial charge in [0, 0.05) is 19.4 Å². The Morgan fingerprint density at radius 1 is 0.460 bits per heavy atom. The number of carbonyl (C=O) groups excluding carboxylic acids is 2. The lowest BCUT2D eigenvalue weighted by Gasteiger charge is -2.18. The van der Waals surface area contributed by atoms with Crippen molar-refractivity contribution >= 4 is 11.9 Å². The summed E-state index contributed by atoms with van der Waals surface area (Å²) in [5.74, 6) is -0.442. The second-order valence-electron chi connectivity index (χ2n) is 13.9. The van der Waals surface area contributed by atoms with Gasteiger partial charge in [-0.2, -0.15) is 0 Å². The fourth-order valence-electron chi connectivity index (χ4n) is 5.68. The van der Waals surface area contributed by atoms with E-state index in [4.69, 9.17) is 14.2 Å². The standard InChI is InChI=1S/C45H80O5/c1-4-7-10-13-16-19-22-23-25-26-29-32-35-38-44(46)49-42-43(41-48-40-37-34-31-28-21-18-15-12-9-6-3)50-45(47)39-36-33-30-27-24-20-17-14-11-8-5-2/h7,10,14,16-17,19,23,25,43H,4-6,8-9,11-13,15,18,20-22,24,26-42H2,1-3H3/b10-7-,17-14-,19-16-,25-23-. The lowest BCUT2D eigenvalue weighted by Crippen LogP contribution is -2.30. The van der Waals surface area contributed by atoms with Gasteiger partial charge in [0.1, 0.15) is 6.61 Å². The summed E-state index contributed by atoms with van der Waals surface area (Å²) >= 11 is 0. The fraction of sp³-hybridized carbons (Fsp3) is 0.778. The number of unbranched alkanes of at least 4 members (excludes halogenated alkanes) is 19. The average Bonchev–Trinajstić information content (AvgIpc) is 3.11. The van der Waals surface area contributed by atoms with Crippen molar-refractivity contribution in [2.45, 2.75) is 207 Å². The Morgan fingerprint density at radius 3 is 1.54 bits per heavy atom. The number of hydrogen-bond donors (Lipinski definition) is 0. The number of hydrogen-bond acceptors (Lipinski definition) is 5. The number of allylic oxidation sites excluding steroid dienone is 8. The quantitative estimate of drug-likeness (QED) is 0.0364. The predicted molar refractivity (Wildman–Crippen MR) is 215 cm³/mol. The summed E-state index contributed by atoms with van der Waals surface area (Å²) < 4.78 is 17.2. The van der Waals surface area contributed by atoms with Crippen LogP contribution >= 0.6 is 0 Å². The largest absolute Gasteiger partial charge is 0.462 e. The Hall–Kier alpha value is -2.14. The van der Waals surface area contributed by atoms with E-state index in [0.29, 0.717) is 19.4 Å². The highest BCUT2D eigenvalue weighted by Crippen LogP contribution is 2.13. The lowest BCUT2D eigenvalue weighted by molar-refractivity contribution is -0.163. The van der Waals surface area contributed by atoms with Gasteiger partial charge in [-0.05, 0) is 70.6 Å². The minimum Gasteiger partial charge on any atom is -0.462 e. The fourth-order valence-corrected chi connectivity index (χ4v) is 5.68. The van der Waals surface area contributed by atoms with Crippen LogP contribution in [-0.4, -0.2) is 37.9 Å². The normalized spacial score (nSPS) is 12.6. The van der Waals surface area contributed by atoms with Crippen LogP contribution in [0.25, 0.3) is 0 Å². The molecular formula is C45H80O5. The molecule has 0 aromatic rings. The molecule has 0 amide bonds. The van der Waals surface area contributed by atoms with E-state index < -0.39 is 6.10 Å². The maximum atomic E-state index is 12.6. The average molecular weight is 701 g/mol. The van der Waals surface area contributed by atoms with Crippen LogP contribution < -0.4 is 0 Å². The zero-order chi connectivity index (χ0) is 36.4.